The Kier molecular flexibility index (Phi) is 7.37. The average molecular weight is 365 g/mol. The van der Waals surface area contributed by atoms with Crippen LogP contribution in [0.5, 0.6) is 11.5 Å². The van der Waals surface area contributed by atoms with Gasteiger partial charge in [0, 0.05) is 25.2 Å². The van der Waals surface area contributed by atoms with Gasteiger partial charge in [-0.2, -0.15) is 0 Å². The van der Waals surface area contributed by atoms with E-state index < -0.39 is 0 Å². The largest absolute Gasteiger partial charge is 0.489 e. The first kappa shape index (κ1) is 20.0. The molecule has 27 heavy (non-hydrogen) atoms. The van der Waals surface area contributed by atoms with E-state index in [-0.39, 0.29) is 18.3 Å². The van der Waals surface area contributed by atoms with E-state index in [1.165, 1.54) is 11.0 Å². The summed E-state index contributed by atoms with van der Waals surface area (Å²) in [7, 11) is 3.33. The highest BCUT2D eigenvalue weighted by Crippen LogP contribution is 2.20. The Morgan fingerprint density at radius 3 is 2.41 bits per heavy atom. The molecule has 2 aromatic carbocycles. The van der Waals surface area contributed by atoms with E-state index in [4.69, 9.17) is 9.47 Å². The van der Waals surface area contributed by atoms with Gasteiger partial charge in [0.05, 0.1) is 0 Å². The Labute approximate surface area is 159 Å². The number of benzene rings is 2. The smallest absolute Gasteiger partial charge is 0.259 e. The first-order valence-electron chi connectivity index (χ1n) is 8.49. The van der Waals surface area contributed by atoms with Crippen LogP contribution < -0.4 is 9.47 Å². The number of ketones is 1. The number of ether oxygens (including phenoxy) is 2. The first-order chi connectivity index (χ1) is 13.0. The fourth-order valence-electron chi connectivity index (χ4n) is 2.15. The lowest BCUT2D eigenvalue weighted by Gasteiger charge is -2.11. The van der Waals surface area contributed by atoms with Crippen molar-refractivity contribution >= 4 is 17.8 Å². The van der Waals surface area contributed by atoms with Crippen LogP contribution in [0.15, 0.2) is 67.3 Å². The standard InChI is InChI=1S/C22H23NO4/c1-4-15-26-21-8-6-5-7-18(21)11-14-20(24)17-9-12-19(13-10-17)27-16-22(25)23(2)3/h4-14H,1,15-16H2,2-3H3/b14-11+. The number of allylic oxidation sites excluding steroid dienone is 1. The van der Waals surface area contributed by atoms with E-state index in [1.807, 2.05) is 24.3 Å². The molecule has 5 heteroatoms. The second-order valence-electron chi connectivity index (χ2n) is 5.94. The fraction of sp³-hybridized carbons (Fsp3) is 0.182. The predicted molar refractivity (Wildman–Crippen MR) is 106 cm³/mol. The van der Waals surface area contributed by atoms with Crippen molar-refractivity contribution in [1.82, 2.24) is 4.90 Å². The van der Waals surface area contributed by atoms with Crippen molar-refractivity contribution in [2.45, 2.75) is 0 Å². The molecule has 0 aliphatic carbocycles. The molecule has 0 bridgehead atoms. The monoisotopic (exact) mass is 365 g/mol. The summed E-state index contributed by atoms with van der Waals surface area (Å²) in [6.45, 7) is 3.99. The lowest BCUT2D eigenvalue weighted by atomic mass is 10.1. The van der Waals surface area contributed by atoms with Gasteiger partial charge in [-0.25, -0.2) is 0 Å². The number of hydrogen-bond acceptors (Lipinski definition) is 4. The zero-order chi connectivity index (χ0) is 19.6. The Morgan fingerprint density at radius 2 is 1.74 bits per heavy atom. The number of likely N-dealkylation sites (N-methyl/N-ethyl adjacent to an activating group) is 1. The van der Waals surface area contributed by atoms with Crippen LogP contribution in [0.25, 0.3) is 6.08 Å². The molecule has 0 heterocycles. The molecule has 0 saturated carbocycles. The van der Waals surface area contributed by atoms with Crippen LogP contribution in [0, 0.1) is 0 Å². The molecule has 2 aromatic rings. The highest BCUT2D eigenvalue weighted by Gasteiger charge is 2.07. The van der Waals surface area contributed by atoms with Crippen LogP contribution in [-0.2, 0) is 4.79 Å². The molecule has 0 N–H and O–H groups in total. The summed E-state index contributed by atoms with van der Waals surface area (Å²) in [5.74, 6) is 0.963. The maximum atomic E-state index is 12.4. The number of amides is 1. The quantitative estimate of drug-likeness (QED) is 0.387. The molecule has 0 spiro atoms. The van der Waals surface area contributed by atoms with E-state index in [0.29, 0.717) is 23.7 Å². The summed E-state index contributed by atoms with van der Waals surface area (Å²) in [5.41, 5.74) is 1.34. The van der Waals surface area contributed by atoms with E-state index in [2.05, 4.69) is 6.58 Å². The molecule has 0 atom stereocenters. The molecular formula is C22H23NO4. The maximum absolute atomic E-state index is 12.4. The second-order valence-corrected chi connectivity index (χ2v) is 5.94. The summed E-state index contributed by atoms with van der Waals surface area (Å²) in [6.07, 6.45) is 4.89. The van der Waals surface area contributed by atoms with E-state index in [0.717, 1.165) is 5.56 Å². The topological polar surface area (TPSA) is 55.8 Å². The number of para-hydroxylation sites is 1. The number of carbonyl (C=O) groups is 2. The van der Waals surface area contributed by atoms with Crippen molar-refractivity contribution in [3.05, 3.63) is 78.4 Å². The zero-order valence-corrected chi connectivity index (χ0v) is 15.6. The van der Waals surface area contributed by atoms with Crippen molar-refractivity contribution in [2.24, 2.45) is 0 Å². The fourth-order valence-corrected chi connectivity index (χ4v) is 2.15. The van der Waals surface area contributed by atoms with Crippen LogP contribution in [0.1, 0.15) is 15.9 Å². The minimum absolute atomic E-state index is 0.0400. The highest BCUT2D eigenvalue weighted by atomic mass is 16.5. The summed E-state index contributed by atoms with van der Waals surface area (Å²) in [6, 6.07) is 14.2. The van der Waals surface area contributed by atoms with Crippen molar-refractivity contribution in [3.8, 4) is 11.5 Å². The van der Waals surface area contributed by atoms with Gasteiger partial charge < -0.3 is 14.4 Å². The maximum Gasteiger partial charge on any atom is 0.259 e. The highest BCUT2D eigenvalue weighted by molar-refractivity contribution is 6.07. The minimum atomic E-state index is -0.135. The predicted octanol–water partition coefficient (Wildman–Crippen LogP) is 3.61. The van der Waals surface area contributed by atoms with Gasteiger partial charge in [0.15, 0.2) is 12.4 Å². The lowest BCUT2D eigenvalue weighted by Crippen LogP contribution is -2.27. The molecule has 0 unspecified atom stereocenters. The van der Waals surface area contributed by atoms with Gasteiger partial charge in [-0.05, 0) is 42.5 Å². The zero-order valence-electron chi connectivity index (χ0n) is 15.6. The van der Waals surface area contributed by atoms with Gasteiger partial charge in [0.1, 0.15) is 18.1 Å². The third kappa shape index (κ3) is 6.15. The summed E-state index contributed by atoms with van der Waals surface area (Å²) >= 11 is 0. The average Bonchev–Trinajstić information content (AvgIpc) is 2.69. The van der Waals surface area contributed by atoms with Gasteiger partial charge in [-0.15, -0.1) is 0 Å². The number of nitrogens with zero attached hydrogens (tertiary/aromatic N) is 1. The van der Waals surface area contributed by atoms with Crippen molar-refractivity contribution in [1.29, 1.82) is 0 Å². The van der Waals surface area contributed by atoms with Crippen LogP contribution in [0.2, 0.25) is 0 Å². The molecule has 140 valence electrons. The Balaban J connectivity index is 2.01. The summed E-state index contributed by atoms with van der Waals surface area (Å²) < 4.78 is 11.0. The molecule has 0 aliphatic heterocycles. The molecule has 0 radical (unpaired) electrons. The Hall–Kier alpha value is -3.34. The van der Waals surface area contributed by atoms with Crippen molar-refractivity contribution in [3.63, 3.8) is 0 Å². The van der Waals surface area contributed by atoms with Gasteiger partial charge in [0.2, 0.25) is 0 Å². The van der Waals surface area contributed by atoms with Gasteiger partial charge in [-0.3, -0.25) is 9.59 Å². The summed E-state index contributed by atoms with van der Waals surface area (Å²) in [5, 5.41) is 0. The normalized spacial score (nSPS) is 10.4. The van der Waals surface area contributed by atoms with Gasteiger partial charge in [-0.1, -0.05) is 30.9 Å². The van der Waals surface area contributed by atoms with Crippen molar-refractivity contribution in [2.75, 3.05) is 27.3 Å². The first-order valence-corrected chi connectivity index (χ1v) is 8.49. The van der Waals surface area contributed by atoms with Crippen molar-refractivity contribution < 1.29 is 19.1 Å². The molecule has 0 saturated heterocycles. The van der Waals surface area contributed by atoms with E-state index in [9.17, 15) is 9.59 Å². The van der Waals surface area contributed by atoms with E-state index in [1.54, 1.807) is 50.5 Å². The minimum Gasteiger partial charge on any atom is -0.489 e. The Morgan fingerprint density at radius 1 is 1.04 bits per heavy atom. The molecule has 0 aliphatic rings. The summed E-state index contributed by atoms with van der Waals surface area (Å²) in [4.78, 5) is 25.3. The van der Waals surface area contributed by atoms with Crippen LogP contribution in [0.4, 0.5) is 0 Å². The van der Waals surface area contributed by atoms with Crippen LogP contribution >= 0.6 is 0 Å². The second kappa shape index (κ2) is 9.97. The van der Waals surface area contributed by atoms with E-state index >= 15 is 0 Å². The number of hydrogen-bond donors (Lipinski definition) is 0. The molecule has 5 nitrogen and oxygen atoms in total. The molecule has 2 rings (SSSR count). The third-order valence-corrected chi connectivity index (χ3v) is 3.69. The third-order valence-electron chi connectivity index (χ3n) is 3.69. The molecular weight excluding hydrogens is 342 g/mol. The number of carbonyl (C=O) groups excluding carboxylic acids is 2. The van der Waals surface area contributed by atoms with Crippen LogP contribution in [0.3, 0.4) is 0 Å². The molecule has 0 fully saturated rings. The van der Waals surface area contributed by atoms with Gasteiger partial charge >= 0.3 is 0 Å². The molecule has 1 amide bonds. The Bertz CT molecular complexity index is 822. The SMILES string of the molecule is C=CCOc1ccccc1/C=C/C(=O)c1ccc(OCC(=O)N(C)C)cc1. The number of rotatable bonds is 9. The molecule has 0 aromatic heterocycles. The lowest BCUT2D eigenvalue weighted by molar-refractivity contribution is -0.130. The van der Waals surface area contributed by atoms with Crippen LogP contribution in [-0.4, -0.2) is 43.9 Å². The van der Waals surface area contributed by atoms with Gasteiger partial charge in [0.25, 0.3) is 5.91 Å².